The van der Waals surface area contributed by atoms with Crippen molar-refractivity contribution in [3.8, 4) is 0 Å². The number of nitrogens with two attached hydrogens (primary N) is 1. The van der Waals surface area contributed by atoms with Crippen LogP contribution >= 0.6 is 11.8 Å². The van der Waals surface area contributed by atoms with E-state index in [4.69, 9.17) is 5.73 Å². The summed E-state index contributed by atoms with van der Waals surface area (Å²) >= 11 is 1.57. The van der Waals surface area contributed by atoms with Crippen LogP contribution in [0, 0.1) is 18.6 Å². The molecule has 19 heavy (non-hydrogen) atoms. The molecule has 2 aromatic rings. The number of aryl methyl sites for hydroxylation is 1. The third kappa shape index (κ3) is 4.04. The van der Waals surface area contributed by atoms with E-state index < -0.39 is 17.7 Å². The summed E-state index contributed by atoms with van der Waals surface area (Å²) in [5, 5.41) is 0. The number of benzene rings is 2. The van der Waals surface area contributed by atoms with Crippen molar-refractivity contribution in [1.29, 1.82) is 0 Å². The summed E-state index contributed by atoms with van der Waals surface area (Å²) in [7, 11) is 0. The first-order chi connectivity index (χ1) is 9.04. The maximum absolute atomic E-state index is 13.1. The molecule has 2 N–H and O–H groups in total. The first-order valence-corrected chi connectivity index (χ1v) is 6.94. The first-order valence-electron chi connectivity index (χ1n) is 5.95. The van der Waals surface area contributed by atoms with Gasteiger partial charge in [-0.05, 0) is 36.8 Å². The zero-order valence-corrected chi connectivity index (χ0v) is 11.4. The van der Waals surface area contributed by atoms with Crippen molar-refractivity contribution in [2.75, 3.05) is 5.75 Å². The largest absolute Gasteiger partial charge is 0.323 e. The topological polar surface area (TPSA) is 26.0 Å². The van der Waals surface area contributed by atoms with Crippen LogP contribution < -0.4 is 5.73 Å². The fourth-order valence-corrected chi connectivity index (χ4v) is 2.60. The van der Waals surface area contributed by atoms with E-state index in [1.807, 2.05) is 31.2 Å². The van der Waals surface area contributed by atoms with E-state index in [-0.39, 0.29) is 0 Å². The number of halogens is 2. The summed E-state index contributed by atoms with van der Waals surface area (Å²) in [4.78, 5) is 1.10. The van der Waals surface area contributed by atoms with E-state index >= 15 is 0 Å². The maximum atomic E-state index is 13.1. The van der Waals surface area contributed by atoms with Gasteiger partial charge in [0.05, 0.1) is 0 Å². The van der Waals surface area contributed by atoms with Crippen molar-refractivity contribution in [3.05, 3.63) is 65.2 Å². The normalized spacial score (nSPS) is 12.4. The lowest BCUT2D eigenvalue weighted by atomic mass is 10.1. The number of rotatable bonds is 4. The van der Waals surface area contributed by atoms with E-state index in [2.05, 4.69) is 0 Å². The maximum Gasteiger partial charge on any atom is 0.126 e. The predicted octanol–water partition coefficient (Wildman–Crippen LogP) is 4.07. The van der Waals surface area contributed by atoms with Crippen LogP contribution in [0.2, 0.25) is 0 Å². The highest BCUT2D eigenvalue weighted by molar-refractivity contribution is 7.99. The molecule has 0 bridgehead atoms. The molecule has 0 aromatic heterocycles. The number of hydrogen-bond donors (Lipinski definition) is 1. The lowest BCUT2D eigenvalue weighted by Crippen LogP contribution is -2.13. The SMILES string of the molecule is Cc1ccc(SCC(N)c2cc(F)cc(F)c2)cc1. The first kappa shape index (κ1) is 14.0. The highest BCUT2D eigenvalue weighted by Crippen LogP contribution is 2.24. The minimum Gasteiger partial charge on any atom is -0.323 e. The molecule has 1 atom stereocenters. The molecule has 1 nitrogen and oxygen atoms in total. The zero-order chi connectivity index (χ0) is 13.8. The van der Waals surface area contributed by atoms with Gasteiger partial charge in [-0.3, -0.25) is 0 Å². The minimum atomic E-state index is -0.592. The Kier molecular flexibility index (Phi) is 4.56. The molecule has 0 amide bonds. The predicted molar refractivity (Wildman–Crippen MR) is 75.2 cm³/mol. The van der Waals surface area contributed by atoms with Crippen molar-refractivity contribution in [2.24, 2.45) is 5.73 Å². The molecule has 0 spiro atoms. The molecule has 0 radical (unpaired) electrons. The Morgan fingerprint density at radius 2 is 1.63 bits per heavy atom. The average Bonchev–Trinajstić information content (AvgIpc) is 2.36. The Balaban J connectivity index is 2.00. The van der Waals surface area contributed by atoms with Gasteiger partial charge in [-0.1, -0.05) is 17.7 Å². The Hall–Kier alpha value is -1.39. The van der Waals surface area contributed by atoms with E-state index in [1.54, 1.807) is 11.8 Å². The summed E-state index contributed by atoms with van der Waals surface area (Å²) in [6.45, 7) is 2.02. The molecule has 4 heteroatoms. The fraction of sp³-hybridized carbons (Fsp3) is 0.200. The second kappa shape index (κ2) is 6.17. The number of thioether (sulfide) groups is 1. The molecule has 2 aromatic carbocycles. The second-order valence-corrected chi connectivity index (χ2v) is 5.53. The Morgan fingerprint density at radius 1 is 1.05 bits per heavy atom. The Labute approximate surface area is 115 Å². The second-order valence-electron chi connectivity index (χ2n) is 4.43. The average molecular weight is 279 g/mol. The van der Waals surface area contributed by atoms with Crippen molar-refractivity contribution < 1.29 is 8.78 Å². The lowest BCUT2D eigenvalue weighted by Gasteiger charge is -2.12. The summed E-state index contributed by atoms with van der Waals surface area (Å²) in [5.41, 5.74) is 7.64. The van der Waals surface area contributed by atoms with Crippen LogP contribution in [0.3, 0.4) is 0 Å². The number of hydrogen-bond acceptors (Lipinski definition) is 2. The Bertz CT molecular complexity index is 534. The molecule has 0 heterocycles. The van der Waals surface area contributed by atoms with Crippen LogP contribution in [0.4, 0.5) is 8.78 Å². The van der Waals surface area contributed by atoms with E-state index in [9.17, 15) is 8.78 Å². The molecule has 0 fully saturated rings. The molecule has 0 saturated heterocycles. The van der Waals surface area contributed by atoms with Gasteiger partial charge in [-0.15, -0.1) is 11.8 Å². The highest BCUT2D eigenvalue weighted by atomic mass is 32.2. The van der Waals surface area contributed by atoms with Gasteiger partial charge >= 0.3 is 0 Å². The van der Waals surface area contributed by atoms with Gasteiger partial charge in [-0.2, -0.15) is 0 Å². The molecule has 1 unspecified atom stereocenters. The molecule has 2 rings (SSSR count). The van der Waals surface area contributed by atoms with E-state index in [0.29, 0.717) is 11.3 Å². The fourth-order valence-electron chi connectivity index (χ4n) is 1.71. The van der Waals surface area contributed by atoms with Crippen LogP contribution in [0.1, 0.15) is 17.2 Å². The third-order valence-corrected chi connectivity index (χ3v) is 3.89. The molecule has 0 aliphatic rings. The van der Waals surface area contributed by atoms with Crippen molar-refractivity contribution in [3.63, 3.8) is 0 Å². The molecular formula is C15H15F2NS. The van der Waals surface area contributed by atoms with Gasteiger partial charge in [0.1, 0.15) is 11.6 Å². The molecule has 0 aliphatic heterocycles. The van der Waals surface area contributed by atoms with Gasteiger partial charge in [0.15, 0.2) is 0 Å². The molecular weight excluding hydrogens is 264 g/mol. The van der Waals surface area contributed by atoms with Gasteiger partial charge in [0, 0.05) is 22.8 Å². The zero-order valence-electron chi connectivity index (χ0n) is 10.6. The van der Waals surface area contributed by atoms with Crippen molar-refractivity contribution in [2.45, 2.75) is 17.9 Å². The van der Waals surface area contributed by atoms with Crippen molar-refractivity contribution in [1.82, 2.24) is 0 Å². The standard InChI is InChI=1S/C15H15F2NS/c1-10-2-4-14(5-3-10)19-9-15(18)11-6-12(16)8-13(17)7-11/h2-8,15H,9,18H2,1H3. The van der Waals surface area contributed by atoms with Crippen LogP contribution in [0.15, 0.2) is 47.4 Å². The molecule has 100 valence electrons. The summed E-state index contributed by atoms with van der Waals surface area (Å²) < 4.78 is 26.2. The highest BCUT2D eigenvalue weighted by Gasteiger charge is 2.09. The Morgan fingerprint density at radius 3 is 2.21 bits per heavy atom. The summed E-state index contributed by atoms with van der Waals surface area (Å²) in [6.07, 6.45) is 0. The van der Waals surface area contributed by atoms with Gasteiger partial charge in [0.25, 0.3) is 0 Å². The van der Waals surface area contributed by atoms with E-state index in [0.717, 1.165) is 11.0 Å². The quantitative estimate of drug-likeness (QED) is 0.854. The van der Waals surface area contributed by atoms with Gasteiger partial charge in [0.2, 0.25) is 0 Å². The van der Waals surface area contributed by atoms with Crippen molar-refractivity contribution >= 4 is 11.8 Å². The molecule has 0 saturated carbocycles. The summed E-state index contributed by atoms with van der Waals surface area (Å²) in [5.74, 6) is -0.608. The monoisotopic (exact) mass is 279 g/mol. The smallest absolute Gasteiger partial charge is 0.126 e. The van der Waals surface area contributed by atoms with Crippen LogP contribution in [0.25, 0.3) is 0 Å². The lowest BCUT2D eigenvalue weighted by molar-refractivity contribution is 0.576. The summed E-state index contributed by atoms with van der Waals surface area (Å²) in [6, 6.07) is 11.1. The van der Waals surface area contributed by atoms with Gasteiger partial charge < -0.3 is 5.73 Å². The van der Waals surface area contributed by atoms with Crippen LogP contribution in [0.5, 0.6) is 0 Å². The van der Waals surface area contributed by atoms with Crippen LogP contribution in [-0.2, 0) is 0 Å². The molecule has 0 aliphatic carbocycles. The minimum absolute atomic E-state index is 0.392. The third-order valence-electron chi connectivity index (χ3n) is 2.76. The van der Waals surface area contributed by atoms with Crippen LogP contribution in [-0.4, -0.2) is 5.75 Å². The van der Waals surface area contributed by atoms with E-state index in [1.165, 1.54) is 17.7 Å². The van der Waals surface area contributed by atoms with Gasteiger partial charge in [-0.25, -0.2) is 8.78 Å².